The number of hydrogen-bond donors (Lipinski definition) is 2. The van der Waals surface area contributed by atoms with Crippen molar-refractivity contribution in [3.8, 4) is 0 Å². The maximum atomic E-state index is 12.5. The van der Waals surface area contributed by atoms with E-state index in [0.717, 1.165) is 44.5 Å². The van der Waals surface area contributed by atoms with Crippen LogP contribution in [-0.4, -0.2) is 47.9 Å². The third-order valence-electron chi connectivity index (χ3n) is 7.12. The fraction of sp³-hybridized carbons (Fsp3) is 0.577. The molecule has 9 heteroatoms. The van der Waals surface area contributed by atoms with Crippen LogP contribution >= 0.6 is 0 Å². The van der Waals surface area contributed by atoms with Crippen molar-refractivity contribution in [3.05, 3.63) is 59.6 Å². The van der Waals surface area contributed by atoms with Crippen LogP contribution in [0.5, 0.6) is 0 Å². The summed E-state index contributed by atoms with van der Waals surface area (Å²) in [5.41, 5.74) is 2.59. The van der Waals surface area contributed by atoms with Crippen LogP contribution in [0.3, 0.4) is 0 Å². The van der Waals surface area contributed by atoms with Crippen molar-refractivity contribution in [2.24, 2.45) is 17.2 Å². The average Bonchev–Trinajstić information content (AvgIpc) is 2.82. The zero-order chi connectivity index (χ0) is 25.6. The Balaban J connectivity index is 0.00000167. The Labute approximate surface area is 206 Å². The molecule has 194 valence electrons. The second kappa shape index (κ2) is 11.5. The third-order valence-corrected chi connectivity index (χ3v) is 7.12. The van der Waals surface area contributed by atoms with Crippen LogP contribution in [0, 0.1) is 11.3 Å². The molecular formula is C26H37F3N4O2. The summed E-state index contributed by atoms with van der Waals surface area (Å²) in [6.45, 7) is 8.24. The van der Waals surface area contributed by atoms with Crippen LogP contribution in [0.25, 0.3) is 0 Å². The molecule has 35 heavy (non-hydrogen) atoms. The number of carbonyl (C=O) groups is 1. The molecular weight excluding hydrogens is 457 g/mol. The first kappa shape index (κ1) is 27.1. The molecule has 2 heterocycles. The number of halogens is 3. The predicted molar refractivity (Wildman–Crippen MR) is 130 cm³/mol. The van der Waals surface area contributed by atoms with E-state index in [9.17, 15) is 18.0 Å². The average molecular weight is 495 g/mol. The summed E-state index contributed by atoms with van der Waals surface area (Å²) >= 11 is 0. The monoisotopic (exact) mass is 494 g/mol. The van der Waals surface area contributed by atoms with Gasteiger partial charge in [0.25, 0.3) is 0 Å². The van der Waals surface area contributed by atoms with E-state index in [-0.39, 0.29) is 12.3 Å². The molecule has 2 aliphatic heterocycles. The van der Waals surface area contributed by atoms with Crippen molar-refractivity contribution >= 4 is 5.91 Å². The number of allylic oxidation sites excluding steroid dienone is 4. The number of likely N-dealkylation sites (tertiary alicyclic amines) is 1. The van der Waals surface area contributed by atoms with Crippen LogP contribution < -0.4 is 11.2 Å². The number of piperidine rings is 1. The molecule has 6 nitrogen and oxygen atoms in total. The van der Waals surface area contributed by atoms with Gasteiger partial charge < -0.3 is 10.2 Å². The number of alkyl halides is 3. The molecule has 1 saturated heterocycles. The fourth-order valence-electron chi connectivity index (χ4n) is 5.30. The van der Waals surface area contributed by atoms with Crippen molar-refractivity contribution in [3.63, 3.8) is 0 Å². The van der Waals surface area contributed by atoms with E-state index in [0.29, 0.717) is 29.1 Å². The highest BCUT2D eigenvalue weighted by atomic mass is 19.4. The quantitative estimate of drug-likeness (QED) is 0.420. The minimum absolute atomic E-state index is 0.0972. The van der Waals surface area contributed by atoms with Gasteiger partial charge in [-0.2, -0.15) is 0 Å². The number of amides is 1. The summed E-state index contributed by atoms with van der Waals surface area (Å²) in [5, 5.41) is 4.49. The Morgan fingerprint density at radius 1 is 1.20 bits per heavy atom. The molecule has 1 spiro atoms. The molecule has 1 saturated carbocycles. The molecule has 0 radical (unpaired) electrons. The summed E-state index contributed by atoms with van der Waals surface area (Å²) in [7, 11) is 0. The SMILES string of the molecule is C/C(C(=O)NCC1CC2(CCN(C3=CCC(OC(F)(F)F)C=C3)CC2)C1)=C1/C=CC=CN1N.CC. The lowest BCUT2D eigenvalue weighted by atomic mass is 9.57. The van der Waals surface area contributed by atoms with Gasteiger partial charge in [-0.1, -0.05) is 32.1 Å². The number of nitrogens with one attached hydrogen (secondary N) is 1. The Bertz CT molecular complexity index is 904. The van der Waals surface area contributed by atoms with E-state index in [2.05, 4.69) is 15.0 Å². The standard InChI is InChI=1S/C24H31F3N4O2.C2H6/c1-17(21-4-2-3-11-31(21)28)22(32)29-16-18-14-23(15-18)9-12-30(13-10-23)19-5-7-20(8-6-19)33-24(25,26)27;1-2/h2-7,11,18,20H,8-10,12-16,28H2,1H3,(H,29,32);1-2H3/b21-17+;. The Morgan fingerprint density at radius 3 is 2.46 bits per heavy atom. The lowest BCUT2D eigenvalue weighted by Gasteiger charge is -2.53. The van der Waals surface area contributed by atoms with E-state index in [1.807, 2.05) is 38.2 Å². The Morgan fingerprint density at radius 2 is 1.89 bits per heavy atom. The molecule has 0 bridgehead atoms. The second-order valence-corrected chi connectivity index (χ2v) is 9.42. The van der Waals surface area contributed by atoms with Crippen LogP contribution in [-0.2, 0) is 9.53 Å². The highest BCUT2D eigenvalue weighted by Crippen LogP contribution is 2.52. The number of hydrazine groups is 1. The van der Waals surface area contributed by atoms with Gasteiger partial charge in [-0.25, -0.2) is 5.84 Å². The highest BCUT2D eigenvalue weighted by Gasteiger charge is 2.45. The summed E-state index contributed by atoms with van der Waals surface area (Å²) in [5.74, 6) is 6.27. The van der Waals surface area contributed by atoms with Crippen molar-refractivity contribution in [1.29, 1.82) is 0 Å². The molecule has 0 aromatic rings. The number of nitrogens with zero attached hydrogens (tertiary/aromatic N) is 2. The first-order chi connectivity index (χ1) is 16.6. The van der Waals surface area contributed by atoms with Crippen molar-refractivity contribution in [2.45, 2.75) is 65.3 Å². The minimum atomic E-state index is -4.61. The first-order valence-electron chi connectivity index (χ1n) is 12.4. The molecule has 4 rings (SSSR count). The minimum Gasteiger partial charge on any atom is -0.372 e. The zero-order valence-corrected chi connectivity index (χ0v) is 20.8. The second-order valence-electron chi connectivity index (χ2n) is 9.42. The van der Waals surface area contributed by atoms with Gasteiger partial charge >= 0.3 is 6.36 Å². The van der Waals surface area contributed by atoms with E-state index < -0.39 is 12.5 Å². The molecule has 1 unspecified atom stereocenters. The van der Waals surface area contributed by atoms with E-state index in [1.54, 1.807) is 19.2 Å². The number of hydrogen-bond acceptors (Lipinski definition) is 5. The number of nitrogens with two attached hydrogens (primary N) is 1. The van der Waals surface area contributed by atoms with Gasteiger partial charge in [0.2, 0.25) is 5.91 Å². The number of rotatable bonds is 5. The van der Waals surface area contributed by atoms with Gasteiger partial charge in [0.1, 0.15) is 0 Å². The fourth-order valence-corrected chi connectivity index (χ4v) is 5.30. The van der Waals surface area contributed by atoms with Gasteiger partial charge in [0.05, 0.1) is 11.8 Å². The molecule has 0 aromatic heterocycles. The summed E-state index contributed by atoms with van der Waals surface area (Å²) < 4.78 is 41.2. The van der Waals surface area contributed by atoms with E-state index in [1.165, 1.54) is 11.1 Å². The Kier molecular flexibility index (Phi) is 8.88. The summed E-state index contributed by atoms with van der Waals surface area (Å²) in [6, 6.07) is 0. The normalized spacial score (nSPS) is 25.0. The third kappa shape index (κ3) is 7.01. The van der Waals surface area contributed by atoms with Crippen molar-refractivity contribution in [1.82, 2.24) is 15.2 Å². The van der Waals surface area contributed by atoms with Crippen LogP contribution in [0.4, 0.5) is 13.2 Å². The van der Waals surface area contributed by atoms with Gasteiger partial charge in [0, 0.05) is 37.1 Å². The van der Waals surface area contributed by atoms with Crippen molar-refractivity contribution < 1.29 is 22.7 Å². The lowest BCUT2D eigenvalue weighted by Crippen LogP contribution is -2.49. The summed E-state index contributed by atoms with van der Waals surface area (Å²) in [6.07, 6.45) is 11.3. The van der Waals surface area contributed by atoms with Crippen molar-refractivity contribution in [2.75, 3.05) is 19.6 Å². The maximum absolute atomic E-state index is 12.5. The zero-order valence-electron chi connectivity index (χ0n) is 20.8. The molecule has 1 atom stereocenters. The lowest BCUT2D eigenvalue weighted by molar-refractivity contribution is -0.336. The predicted octanol–water partition coefficient (Wildman–Crippen LogP) is 4.90. The van der Waals surface area contributed by atoms with Gasteiger partial charge in [-0.3, -0.25) is 14.5 Å². The van der Waals surface area contributed by atoms with Gasteiger partial charge in [-0.15, -0.1) is 13.2 Å². The van der Waals surface area contributed by atoms with Gasteiger partial charge in [0.15, 0.2) is 0 Å². The smallest absolute Gasteiger partial charge is 0.372 e. The molecule has 3 N–H and O–H groups in total. The molecule has 2 fully saturated rings. The molecule has 1 amide bonds. The maximum Gasteiger partial charge on any atom is 0.523 e. The number of carbonyl (C=O) groups excluding carboxylic acids is 1. The summed E-state index contributed by atoms with van der Waals surface area (Å²) in [4.78, 5) is 14.8. The van der Waals surface area contributed by atoms with Crippen LogP contribution in [0.1, 0.15) is 52.9 Å². The van der Waals surface area contributed by atoms with Gasteiger partial charge in [-0.05, 0) is 68.6 Å². The molecule has 0 aromatic carbocycles. The Hall–Kier alpha value is -2.52. The topological polar surface area (TPSA) is 70.8 Å². The van der Waals surface area contributed by atoms with E-state index >= 15 is 0 Å². The number of ether oxygens (including phenoxy) is 1. The first-order valence-corrected chi connectivity index (χ1v) is 12.4. The molecule has 4 aliphatic rings. The van der Waals surface area contributed by atoms with E-state index in [4.69, 9.17) is 5.84 Å². The van der Waals surface area contributed by atoms with Crippen LogP contribution in [0.15, 0.2) is 59.6 Å². The van der Waals surface area contributed by atoms with Crippen LogP contribution in [0.2, 0.25) is 0 Å². The highest BCUT2D eigenvalue weighted by molar-refractivity contribution is 5.94. The molecule has 2 aliphatic carbocycles. The largest absolute Gasteiger partial charge is 0.523 e.